The molecule has 2 saturated heterocycles. The minimum absolute atomic E-state index is 0.703. The van der Waals surface area contributed by atoms with E-state index in [2.05, 4.69) is 126 Å². The fourth-order valence-corrected chi connectivity index (χ4v) is 12.5. The molecule has 5 aliphatic rings. The number of piperidine rings is 2. The third-order valence-corrected chi connectivity index (χ3v) is 15.7. The summed E-state index contributed by atoms with van der Waals surface area (Å²) in [4.78, 5) is 5.40. The standard InChI is InChI=1S/C50H68N4S2/c1(5-25-51-31-21-41(22-32-51)17-19-43-37-45-13-9-27-53-28-10-14-46(38-43)49(45)53)3-7-35-55-56-36-8-4-2-6-26-52-33-23-42(24-34-52)18-20-44-39-47-15-11-29-54-30-12-16-48(40-44)50(47)54/h17,19,21-24,31-34,37-40,45,49H,1-16,18,20,25-30,35-36H2/q+2. The predicted octanol–water partition coefficient (Wildman–Crippen LogP) is 10.7. The van der Waals surface area contributed by atoms with Crippen LogP contribution in [0.4, 0.5) is 5.69 Å². The largest absolute Gasteiger partial charge is 0.371 e. The lowest BCUT2D eigenvalue weighted by Crippen LogP contribution is -2.49. The second-order valence-electron chi connectivity index (χ2n) is 17.4. The molecule has 1 aliphatic carbocycles. The summed E-state index contributed by atoms with van der Waals surface area (Å²) < 4.78 is 4.75. The van der Waals surface area contributed by atoms with Crippen LogP contribution < -0.4 is 14.0 Å². The molecule has 3 aromatic rings. The first-order chi connectivity index (χ1) is 27.7. The topological polar surface area (TPSA) is 14.2 Å². The Morgan fingerprint density at radius 1 is 0.625 bits per heavy atom. The van der Waals surface area contributed by atoms with E-state index in [1.165, 1.54) is 157 Å². The monoisotopic (exact) mass is 788 g/mol. The zero-order chi connectivity index (χ0) is 37.8. The van der Waals surface area contributed by atoms with Crippen LogP contribution in [0.15, 0.2) is 90.6 Å². The summed E-state index contributed by atoms with van der Waals surface area (Å²) in [6, 6.07) is 15.0. The van der Waals surface area contributed by atoms with Gasteiger partial charge in [-0.05, 0) is 142 Å². The molecule has 4 nitrogen and oxygen atoms in total. The van der Waals surface area contributed by atoms with Crippen molar-refractivity contribution in [1.82, 2.24) is 4.90 Å². The first-order valence-electron chi connectivity index (χ1n) is 22.7. The van der Waals surface area contributed by atoms with Gasteiger partial charge in [-0.1, -0.05) is 76.4 Å². The van der Waals surface area contributed by atoms with Crippen LogP contribution in [0.2, 0.25) is 0 Å². The molecule has 56 heavy (non-hydrogen) atoms. The highest BCUT2D eigenvalue weighted by atomic mass is 33.1. The van der Waals surface area contributed by atoms with Crippen LogP contribution in [0.25, 0.3) is 6.08 Å². The number of rotatable bonds is 20. The first-order valence-corrected chi connectivity index (χ1v) is 25.2. The van der Waals surface area contributed by atoms with Crippen molar-refractivity contribution in [3.63, 3.8) is 0 Å². The van der Waals surface area contributed by atoms with Crippen molar-refractivity contribution < 1.29 is 9.13 Å². The molecule has 0 bridgehead atoms. The number of hydrogen-bond acceptors (Lipinski definition) is 4. The number of unbranched alkanes of at least 4 members (excludes halogenated alkanes) is 6. The third-order valence-electron chi connectivity index (χ3n) is 13.1. The van der Waals surface area contributed by atoms with E-state index in [0.717, 1.165) is 31.8 Å². The van der Waals surface area contributed by atoms with Gasteiger partial charge in [0.05, 0.1) is 0 Å². The van der Waals surface area contributed by atoms with E-state index in [1.54, 1.807) is 28.0 Å². The number of anilines is 1. The van der Waals surface area contributed by atoms with Gasteiger partial charge < -0.3 is 4.90 Å². The lowest BCUT2D eigenvalue weighted by Gasteiger charge is -2.46. The molecule has 1 aromatic carbocycles. The second kappa shape index (κ2) is 20.8. The van der Waals surface area contributed by atoms with Crippen LogP contribution in [0.5, 0.6) is 0 Å². The molecule has 2 aromatic heterocycles. The minimum atomic E-state index is 0.703. The van der Waals surface area contributed by atoms with Crippen molar-refractivity contribution in [2.24, 2.45) is 5.92 Å². The summed E-state index contributed by atoms with van der Waals surface area (Å²) >= 11 is 0. The Hall–Kier alpha value is -2.80. The Balaban J connectivity index is 0.617. The van der Waals surface area contributed by atoms with E-state index in [-0.39, 0.29) is 0 Å². The van der Waals surface area contributed by atoms with Gasteiger partial charge in [-0.25, -0.2) is 9.13 Å². The molecule has 6 heteroatoms. The highest BCUT2D eigenvalue weighted by Crippen LogP contribution is 2.40. The molecule has 0 saturated carbocycles. The Kier molecular flexibility index (Phi) is 14.8. The molecule has 4 aliphatic heterocycles. The normalized spacial score (nSPS) is 20.5. The quantitative estimate of drug-likeness (QED) is 0.0643. The molecule has 0 N–H and O–H groups in total. The van der Waals surface area contributed by atoms with Gasteiger partial charge >= 0.3 is 0 Å². The highest BCUT2D eigenvalue weighted by molar-refractivity contribution is 8.76. The van der Waals surface area contributed by atoms with E-state index in [0.29, 0.717) is 6.04 Å². The van der Waals surface area contributed by atoms with Crippen molar-refractivity contribution in [1.29, 1.82) is 0 Å². The van der Waals surface area contributed by atoms with Crippen molar-refractivity contribution in [2.75, 3.05) is 42.6 Å². The second-order valence-corrected chi connectivity index (χ2v) is 20.1. The lowest BCUT2D eigenvalue weighted by atomic mass is 9.76. The van der Waals surface area contributed by atoms with Gasteiger partial charge in [-0.3, -0.25) is 4.90 Å². The summed E-state index contributed by atoms with van der Waals surface area (Å²) in [6.07, 6.45) is 42.3. The number of nitrogens with zero attached hydrogens (tertiary/aromatic N) is 4. The molecular weight excluding hydrogens is 721 g/mol. The van der Waals surface area contributed by atoms with Gasteiger partial charge in [0.25, 0.3) is 0 Å². The Morgan fingerprint density at radius 2 is 1.23 bits per heavy atom. The maximum atomic E-state index is 2.75. The average Bonchev–Trinajstić information content (AvgIpc) is 3.23. The van der Waals surface area contributed by atoms with E-state index < -0.39 is 0 Å². The molecule has 0 amide bonds. The van der Waals surface area contributed by atoms with Gasteiger partial charge in [-0.15, -0.1) is 0 Å². The van der Waals surface area contributed by atoms with Crippen LogP contribution >= 0.6 is 21.6 Å². The summed E-state index contributed by atoms with van der Waals surface area (Å²) in [6.45, 7) is 7.39. The van der Waals surface area contributed by atoms with Gasteiger partial charge in [0.2, 0.25) is 0 Å². The maximum Gasteiger partial charge on any atom is 0.169 e. The fraction of sp³-hybridized carbons (Fsp3) is 0.560. The SMILES string of the molecule is C(=Cc1cc[n+](CCCCCCSSCCCCCC[n+]2ccc(CCc3cc4c5c(c3)CCCN5CCC4)cc2)cc1)C1=CC2CCCN3CCCC(=C1)C23. The Labute approximate surface area is 347 Å². The Morgan fingerprint density at radius 3 is 1.93 bits per heavy atom. The molecule has 2 unspecified atom stereocenters. The summed E-state index contributed by atoms with van der Waals surface area (Å²) in [7, 11) is 4.20. The lowest BCUT2D eigenvalue weighted by molar-refractivity contribution is -0.697. The van der Waals surface area contributed by atoms with Crippen LogP contribution in [0.1, 0.15) is 118 Å². The number of allylic oxidation sites excluding steroid dienone is 3. The van der Waals surface area contributed by atoms with Crippen molar-refractivity contribution >= 4 is 33.4 Å². The van der Waals surface area contributed by atoms with Crippen molar-refractivity contribution in [2.45, 2.75) is 135 Å². The van der Waals surface area contributed by atoms with E-state index in [4.69, 9.17) is 0 Å². The Bertz CT molecular complexity index is 1760. The van der Waals surface area contributed by atoms with Gasteiger partial charge in [0, 0.05) is 73.4 Å². The molecular formula is C50H68N4S2+2. The summed E-state index contributed by atoms with van der Waals surface area (Å²) in [5.74, 6) is 3.32. The number of benzene rings is 1. The van der Waals surface area contributed by atoms with Gasteiger partial charge in [-0.2, -0.15) is 0 Å². The summed E-state index contributed by atoms with van der Waals surface area (Å²) in [5, 5.41) is 0. The first kappa shape index (κ1) is 40.0. The third kappa shape index (κ3) is 11.0. The maximum absolute atomic E-state index is 2.75. The minimum Gasteiger partial charge on any atom is -0.371 e. The number of aryl methyl sites for hydroxylation is 6. The molecule has 0 radical (unpaired) electrons. The molecule has 8 rings (SSSR count). The summed E-state index contributed by atoms with van der Waals surface area (Å²) in [5.41, 5.74) is 12.3. The smallest absolute Gasteiger partial charge is 0.169 e. The van der Waals surface area contributed by atoms with Crippen LogP contribution in [0, 0.1) is 5.92 Å². The van der Waals surface area contributed by atoms with Gasteiger partial charge in [0.15, 0.2) is 24.8 Å². The molecule has 0 spiro atoms. The van der Waals surface area contributed by atoms with Crippen molar-refractivity contribution in [3.05, 3.63) is 118 Å². The van der Waals surface area contributed by atoms with Crippen molar-refractivity contribution in [3.8, 4) is 0 Å². The molecule has 6 heterocycles. The number of hydrogen-bond donors (Lipinski definition) is 0. The zero-order valence-electron chi connectivity index (χ0n) is 34.2. The van der Waals surface area contributed by atoms with E-state index in [9.17, 15) is 0 Å². The van der Waals surface area contributed by atoms with E-state index in [1.807, 2.05) is 0 Å². The van der Waals surface area contributed by atoms with Gasteiger partial charge in [0.1, 0.15) is 13.1 Å². The molecule has 2 fully saturated rings. The number of aromatic nitrogens is 2. The zero-order valence-corrected chi connectivity index (χ0v) is 35.9. The number of pyridine rings is 2. The van der Waals surface area contributed by atoms with Crippen LogP contribution in [-0.4, -0.2) is 48.6 Å². The highest BCUT2D eigenvalue weighted by Gasteiger charge is 2.36. The van der Waals surface area contributed by atoms with Crippen LogP contribution in [0.3, 0.4) is 0 Å². The fourth-order valence-electron chi connectivity index (χ4n) is 10.2. The van der Waals surface area contributed by atoms with E-state index >= 15 is 0 Å². The molecule has 2 atom stereocenters. The average molecular weight is 789 g/mol. The van der Waals surface area contributed by atoms with Crippen LogP contribution in [-0.2, 0) is 38.8 Å². The predicted molar refractivity (Wildman–Crippen MR) is 240 cm³/mol. The molecule has 298 valence electrons.